The van der Waals surface area contributed by atoms with Crippen LogP contribution in [-0.4, -0.2) is 23.5 Å². The summed E-state index contributed by atoms with van der Waals surface area (Å²) in [5, 5.41) is 13.9. The van der Waals surface area contributed by atoms with Crippen LogP contribution in [0.5, 0.6) is 5.75 Å². The highest BCUT2D eigenvalue weighted by atomic mass is 35.5. The Hall–Kier alpha value is -2.57. The SMILES string of the molecule is O=C(O)c1ccc(COc2ccc3c(Cl)c(C(C4CCCCC4)C4CCNC4=O)sc3c2)cc1. The van der Waals surface area contributed by atoms with Gasteiger partial charge < -0.3 is 15.2 Å². The minimum absolute atomic E-state index is 0.00171. The molecule has 2 unspecified atom stereocenters. The largest absolute Gasteiger partial charge is 0.489 e. The highest BCUT2D eigenvalue weighted by molar-refractivity contribution is 7.20. The maximum absolute atomic E-state index is 12.7. The summed E-state index contributed by atoms with van der Waals surface area (Å²) >= 11 is 8.65. The van der Waals surface area contributed by atoms with Gasteiger partial charge in [0.2, 0.25) is 5.91 Å². The van der Waals surface area contributed by atoms with Gasteiger partial charge in [0, 0.05) is 33.3 Å². The summed E-state index contributed by atoms with van der Waals surface area (Å²) in [5.41, 5.74) is 1.16. The van der Waals surface area contributed by atoms with E-state index >= 15 is 0 Å². The van der Waals surface area contributed by atoms with E-state index in [0.29, 0.717) is 12.5 Å². The number of halogens is 1. The van der Waals surface area contributed by atoms with Crippen LogP contribution in [0, 0.1) is 11.8 Å². The second kappa shape index (κ2) is 9.96. The Morgan fingerprint density at radius 1 is 1.12 bits per heavy atom. The van der Waals surface area contributed by atoms with Crippen LogP contribution in [0.1, 0.15) is 65.2 Å². The Labute approximate surface area is 208 Å². The zero-order valence-corrected chi connectivity index (χ0v) is 20.5. The van der Waals surface area contributed by atoms with Crippen molar-refractivity contribution in [1.29, 1.82) is 0 Å². The van der Waals surface area contributed by atoms with Gasteiger partial charge in [0.1, 0.15) is 12.4 Å². The molecular formula is C27H28ClNO4S. The molecule has 1 aromatic heterocycles. The van der Waals surface area contributed by atoms with Crippen molar-refractivity contribution in [2.45, 2.75) is 51.0 Å². The number of fused-ring (bicyclic) bond motifs is 1. The van der Waals surface area contributed by atoms with Crippen LogP contribution >= 0.6 is 22.9 Å². The van der Waals surface area contributed by atoms with Crippen molar-refractivity contribution in [1.82, 2.24) is 5.32 Å². The topological polar surface area (TPSA) is 75.6 Å². The number of amides is 1. The number of carboxylic acid groups (broad SMARTS) is 1. The number of ether oxygens (including phenoxy) is 1. The first-order valence-electron chi connectivity index (χ1n) is 12.0. The molecule has 5 nitrogen and oxygen atoms in total. The van der Waals surface area contributed by atoms with E-state index in [2.05, 4.69) is 5.32 Å². The lowest BCUT2D eigenvalue weighted by Gasteiger charge is -2.33. The summed E-state index contributed by atoms with van der Waals surface area (Å²) in [6.07, 6.45) is 6.93. The molecule has 2 N–H and O–H groups in total. The van der Waals surface area contributed by atoms with Crippen molar-refractivity contribution in [2.24, 2.45) is 11.8 Å². The first kappa shape index (κ1) is 23.2. The number of hydrogen-bond donors (Lipinski definition) is 2. The van der Waals surface area contributed by atoms with Crippen molar-refractivity contribution in [2.75, 3.05) is 6.54 Å². The summed E-state index contributed by atoms with van der Waals surface area (Å²) in [4.78, 5) is 24.9. The highest BCUT2D eigenvalue weighted by Crippen LogP contribution is 2.50. The molecule has 0 spiro atoms. The third-order valence-corrected chi connectivity index (χ3v) is 8.99. The molecule has 2 atom stereocenters. The number of carbonyl (C=O) groups is 2. The van der Waals surface area contributed by atoms with E-state index in [1.165, 1.54) is 19.3 Å². The third-order valence-electron chi connectivity index (χ3n) is 7.22. The molecule has 2 fully saturated rings. The van der Waals surface area contributed by atoms with E-state index in [9.17, 15) is 9.59 Å². The maximum atomic E-state index is 12.7. The minimum atomic E-state index is -0.940. The van der Waals surface area contributed by atoms with Gasteiger partial charge in [-0.05, 0) is 61.1 Å². The lowest BCUT2D eigenvalue weighted by atomic mass is 9.72. The molecule has 1 saturated carbocycles. The van der Waals surface area contributed by atoms with Gasteiger partial charge in [-0.2, -0.15) is 0 Å². The van der Waals surface area contributed by atoms with Gasteiger partial charge in [-0.3, -0.25) is 4.79 Å². The van der Waals surface area contributed by atoms with E-state index in [0.717, 1.165) is 57.1 Å². The number of nitrogens with one attached hydrogen (secondary N) is 1. The molecule has 1 saturated heterocycles. The Balaban J connectivity index is 1.40. The van der Waals surface area contributed by atoms with E-state index < -0.39 is 5.97 Å². The summed E-state index contributed by atoms with van der Waals surface area (Å²) in [6, 6.07) is 12.7. The third kappa shape index (κ3) is 4.66. The number of hydrogen-bond acceptors (Lipinski definition) is 4. The number of aromatic carboxylic acids is 1. The molecule has 178 valence electrons. The quantitative estimate of drug-likeness (QED) is 0.384. The zero-order valence-electron chi connectivity index (χ0n) is 18.9. The van der Waals surface area contributed by atoms with Gasteiger partial charge in [0.15, 0.2) is 0 Å². The van der Waals surface area contributed by atoms with E-state index in [4.69, 9.17) is 21.4 Å². The molecule has 2 aromatic carbocycles. The molecule has 2 aliphatic rings. The lowest BCUT2D eigenvalue weighted by molar-refractivity contribution is -0.123. The summed E-state index contributed by atoms with van der Waals surface area (Å²) in [5.74, 6) is 0.639. The Bertz CT molecular complexity index is 1200. The van der Waals surface area contributed by atoms with Crippen LogP contribution in [-0.2, 0) is 11.4 Å². The number of benzene rings is 2. The summed E-state index contributed by atoms with van der Waals surface area (Å²) in [6.45, 7) is 1.10. The van der Waals surface area contributed by atoms with Crippen molar-refractivity contribution in [3.63, 3.8) is 0 Å². The fourth-order valence-electron chi connectivity index (χ4n) is 5.45. The van der Waals surface area contributed by atoms with E-state index in [1.807, 2.05) is 18.2 Å². The van der Waals surface area contributed by atoms with Crippen LogP contribution < -0.4 is 10.1 Å². The average molecular weight is 498 g/mol. The number of thiophene rings is 1. The zero-order chi connectivity index (χ0) is 23.7. The highest BCUT2D eigenvalue weighted by Gasteiger charge is 2.40. The Kier molecular flexibility index (Phi) is 6.79. The fraction of sp³-hybridized carbons (Fsp3) is 0.407. The molecule has 1 amide bonds. The van der Waals surface area contributed by atoms with Crippen LogP contribution in [0.2, 0.25) is 5.02 Å². The minimum Gasteiger partial charge on any atom is -0.489 e. The van der Waals surface area contributed by atoms with E-state index in [1.54, 1.807) is 35.6 Å². The first-order chi connectivity index (χ1) is 16.5. The Morgan fingerprint density at radius 3 is 2.56 bits per heavy atom. The van der Waals surface area contributed by atoms with Gasteiger partial charge in [-0.1, -0.05) is 43.0 Å². The second-order valence-corrected chi connectivity index (χ2v) is 10.8. The molecular weight excluding hydrogens is 470 g/mol. The van der Waals surface area contributed by atoms with E-state index in [-0.39, 0.29) is 23.3 Å². The van der Waals surface area contributed by atoms with Gasteiger partial charge in [-0.25, -0.2) is 4.79 Å². The van der Waals surface area contributed by atoms with Crippen LogP contribution in [0.4, 0.5) is 0 Å². The summed E-state index contributed by atoms with van der Waals surface area (Å²) in [7, 11) is 0. The van der Waals surface area contributed by atoms with Crippen LogP contribution in [0.25, 0.3) is 10.1 Å². The number of carboxylic acids is 1. The van der Waals surface area contributed by atoms with Crippen LogP contribution in [0.3, 0.4) is 0 Å². The van der Waals surface area contributed by atoms with Crippen molar-refractivity contribution < 1.29 is 19.4 Å². The standard InChI is InChI=1S/C27H28ClNO4S/c28-24-20-11-10-19(33-15-16-6-8-18(9-7-16)27(31)32)14-22(20)34-25(24)23(17-4-2-1-3-5-17)21-12-13-29-26(21)30/h6-11,14,17,21,23H,1-5,12-13,15H2,(H,29,30)(H,31,32). The number of rotatable bonds is 7. The van der Waals surface area contributed by atoms with Gasteiger partial charge in [0.05, 0.1) is 10.6 Å². The van der Waals surface area contributed by atoms with Gasteiger partial charge in [0.25, 0.3) is 0 Å². The fourth-order valence-corrected chi connectivity index (χ4v) is 7.30. The molecule has 7 heteroatoms. The molecule has 3 aromatic rings. The Morgan fingerprint density at radius 2 is 1.88 bits per heavy atom. The average Bonchev–Trinajstić information content (AvgIpc) is 3.42. The van der Waals surface area contributed by atoms with Gasteiger partial charge >= 0.3 is 5.97 Å². The number of carbonyl (C=O) groups excluding carboxylic acids is 1. The molecule has 1 aliphatic carbocycles. The van der Waals surface area contributed by atoms with Crippen molar-refractivity contribution in [3.05, 3.63) is 63.5 Å². The smallest absolute Gasteiger partial charge is 0.335 e. The lowest BCUT2D eigenvalue weighted by Crippen LogP contribution is -2.29. The monoisotopic (exact) mass is 497 g/mol. The maximum Gasteiger partial charge on any atom is 0.335 e. The summed E-state index contributed by atoms with van der Waals surface area (Å²) < 4.78 is 7.06. The molecule has 34 heavy (non-hydrogen) atoms. The second-order valence-electron chi connectivity index (χ2n) is 9.34. The molecule has 5 rings (SSSR count). The molecule has 0 bridgehead atoms. The van der Waals surface area contributed by atoms with Crippen molar-refractivity contribution in [3.8, 4) is 5.75 Å². The molecule has 0 radical (unpaired) electrons. The van der Waals surface area contributed by atoms with Crippen LogP contribution in [0.15, 0.2) is 42.5 Å². The molecule has 1 aliphatic heterocycles. The normalized spacial score (nSPS) is 19.8. The molecule has 2 heterocycles. The first-order valence-corrected chi connectivity index (χ1v) is 13.2. The van der Waals surface area contributed by atoms with Crippen molar-refractivity contribution >= 4 is 44.9 Å². The van der Waals surface area contributed by atoms with Gasteiger partial charge in [-0.15, -0.1) is 11.3 Å². The predicted molar refractivity (Wildman–Crippen MR) is 135 cm³/mol. The predicted octanol–water partition coefficient (Wildman–Crippen LogP) is 6.63.